The van der Waals surface area contributed by atoms with Crippen LogP contribution in [0.2, 0.25) is 0 Å². The molecule has 1 aliphatic heterocycles. The maximum Gasteiger partial charge on any atom is 0.115 e. The van der Waals surface area contributed by atoms with Gasteiger partial charge in [0.1, 0.15) is 5.75 Å². The SMILES string of the molecule is CCC1CNC2(CCCC2)CN1Cc1cccc(O)c1. The van der Waals surface area contributed by atoms with E-state index in [1.807, 2.05) is 12.1 Å². The normalized spacial score (nSPS) is 26.1. The molecule has 1 heterocycles. The average Bonchev–Trinajstić information content (AvgIpc) is 2.87. The molecule has 3 nitrogen and oxygen atoms in total. The highest BCUT2D eigenvalue weighted by atomic mass is 16.3. The third-order valence-corrected chi connectivity index (χ3v) is 5.06. The van der Waals surface area contributed by atoms with Crippen LogP contribution in [0.1, 0.15) is 44.6 Å². The highest BCUT2D eigenvalue weighted by molar-refractivity contribution is 5.27. The summed E-state index contributed by atoms with van der Waals surface area (Å²) in [4.78, 5) is 2.62. The summed E-state index contributed by atoms with van der Waals surface area (Å²) in [5.41, 5.74) is 1.58. The Kier molecular flexibility index (Phi) is 3.99. The predicted molar refractivity (Wildman–Crippen MR) is 81.8 cm³/mol. The van der Waals surface area contributed by atoms with Crippen LogP contribution in [0.25, 0.3) is 0 Å². The highest BCUT2D eigenvalue weighted by Gasteiger charge is 2.40. The van der Waals surface area contributed by atoms with E-state index in [0.717, 1.165) is 19.6 Å². The molecule has 3 rings (SSSR count). The quantitative estimate of drug-likeness (QED) is 0.889. The largest absolute Gasteiger partial charge is 0.508 e. The first-order chi connectivity index (χ1) is 9.71. The topological polar surface area (TPSA) is 35.5 Å². The van der Waals surface area contributed by atoms with Gasteiger partial charge in [0.15, 0.2) is 0 Å². The molecule has 0 bridgehead atoms. The van der Waals surface area contributed by atoms with Crippen LogP contribution < -0.4 is 5.32 Å². The molecule has 1 aromatic rings. The van der Waals surface area contributed by atoms with Crippen LogP contribution in [-0.4, -0.2) is 34.7 Å². The van der Waals surface area contributed by atoms with Gasteiger partial charge in [-0.2, -0.15) is 0 Å². The fourth-order valence-corrected chi connectivity index (χ4v) is 3.90. The number of benzene rings is 1. The molecule has 1 saturated carbocycles. The Bertz CT molecular complexity index is 454. The van der Waals surface area contributed by atoms with Gasteiger partial charge in [0.05, 0.1) is 0 Å². The molecule has 110 valence electrons. The number of piperazine rings is 1. The molecule has 2 N–H and O–H groups in total. The van der Waals surface area contributed by atoms with Crippen LogP contribution >= 0.6 is 0 Å². The molecular formula is C17H26N2O. The Morgan fingerprint density at radius 3 is 2.85 bits per heavy atom. The number of phenolic OH excluding ortho intramolecular Hbond substituents is 1. The lowest BCUT2D eigenvalue weighted by Crippen LogP contribution is -2.62. The molecule has 1 aliphatic carbocycles. The molecule has 1 unspecified atom stereocenters. The van der Waals surface area contributed by atoms with Gasteiger partial charge in [-0.05, 0) is 37.0 Å². The molecule has 1 atom stereocenters. The molecular weight excluding hydrogens is 248 g/mol. The first-order valence-corrected chi connectivity index (χ1v) is 7.98. The van der Waals surface area contributed by atoms with E-state index < -0.39 is 0 Å². The van der Waals surface area contributed by atoms with Crippen molar-refractivity contribution >= 4 is 0 Å². The van der Waals surface area contributed by atoms with Gasteiger partial charge < -0.3 is 10.4 Å². The van der Waals surface area contributed by atoms with Gasteiger partial charge >= 0.3 is 0 Å². The first-order valence-electron chi connectivity index (χ1n) is 7.98. The molecule has 1 saturated heterocycles. The molecule has 3 heteroatoms. The van der Waals surface area contributed by atoms with E-state index in [-0.39, 0.29) is 0 Å². The zero-order valence-electron chi connectivity index (χ0n) is 12.4. The maximum atomic E-state index is 9.64. The van der Waals surface area contributed by atoms with E-state index in [9.17, 15) is 5.11 Å². The van der Waals surface area contributed by atoms with Crippen molar-refractivity contribution in [1.82, 2.24) is 10.2 Å². The summed E-state index contributed by atoms with van der Waals surface area (Å²) in [5.74, 6) is 0.376. The van der Waals surface area contributed by atoms with Gasteiger partial charge in [-0.1, -0.05) is 31.9 Å². The standard InChI is InChI=1S/C17H26N2O/c1-2-15-11-18-17(8-3-4-9-17)13-19(15)12-14-6-5-7-16(20)10-14/h5-7,10,15,18,20H,2-4,8-9,11-13H2,1H3. The van der Waals surface area contributed by atoms with Crippen molar-refractivity contribution in [2.75, 3.05) is 13.1 Å². The number of phenols is 1. The van der Waals surface area contributed by atoms with E-state index in [0.29, 0.717) is 17.3 Å². The Balaban J connectivity index is 1.74. The minimum absolute atomic E-state index is 0.364. The van der Waals surface area contributed by atoms with Crippen molar-refractivity contribution in [2.45, 2.75) is 57.2 Å². The Labute approximate surface area is 122 Å². The molecule has 1 spiro atoms. The molecule has 2 fully saturated rings. The van der Waals surface area contributed by atoms with Gasteiger partial charge in [-0.3, -0.25) is 4.90 Å². The van der Waals surface area contributed by atoms with Crippen molar-refractivity contribution in [1.29, 1.82) is 0 Å². The Morgan fingerprint density at radius 1 is 1.35 bits per heavy atom. The number of nitrogens with zero attached hydrogens (tertiary/aromatic N) is 1. The van der Waals surface area contributed by atoms with Crippen molar-refractivity contribution in [3.8, 4) is 5.75 Å². The monoisotopic (exact) mass is 274 g/mol. The lowest BCUT2D eigenvalue weighted by molar-refractivity contribution is 0.0718. The summed E-state index contributed by atoms with van der Waals surface area (Å²) < 4.78 is 0. The second kappa shape index (κ2) is 5.74. The van der Waals surface area contributed by atoms with Gasteiger partial charge in [-0.15, -0.1) is 0 Å². The third-order valence-electron chi connectivity index (χ3n) is 5.06. The van der Waals surface area contributed by atoms with Crippen LogP contribution in [0.4, 0.5) is 0 Å². The fraction of sp³-hybridized carbons (Fsp3) is 0.647. The number of rotatable bonds is 3. The fourth-order valence-electron chi connectivity index (χ4n) is 3.90. The zero-order valence-corrected chi connectivity index (χ0v) is 12.4. The van der Waals surface area contributed by atoms with Crippen LogP contribution in [0.3, 0.4) is 0 Å². The maximum absolute atomic E-state index is 9.64. The highest BCUT2D eigenvalue weighted by Crippen LogP contribution is 2.34. The molecule has 20 heavy (non-hydrogen) atoms. The Morgan fingerprint density at radius 2 is 2.15 bits per heavy atom. The van der Waals surface area contributed by atoms with E-state index in [2.05, 4.69) is 23.2 Å². The minimum atomic E-state index is 0.364. The summed E-state index contributed by atoms with van der Waals surface area (Å²) in [7, 11) is 0. The second-order valence-electron chi connectivity index (χ2n) is 6.51. The van der Waals surface area contributed by atoms with Crippen molar-refractivity contribution < 1.29 is 5.11 Å². The number of aromatic hydroxyl groups is 1. The number of hydrogen-bond donors (Lipinski definition) is 2. The molecule has 0 radical (unpaired) electrons. The number of hydrogen-bond acceptors (Lipinski definition) is 3. The molecule has 0 aromatic heterocycles. The van der Waals surface area contributed by atoms with Crippen LogP contribution in [0, 0.1) is 0 Å². The minimum Gasteiger partial charge on any atom is -0.508 e. The summed E-state index contributed by atoms with van der Waals surface area (Å²) in [6.07, 6.45) is 6.55. The van der Waals surface area contributed by atoms with Gasteiger partial charge in [0.25, 0.3) is 0 Å². The predicted octanol–water partition coefficient (Wildman–Crippen LogP) is 2.89. The molecule has 0 amide bonds. The third kappa shape index (κ3) is 2.84. The van der Waals surface area contributed by atoms with Crippen molar-refractivity contribution in [2.24, 2.45) is 0 Å². The summed E-state index contributed by atoms with van der Waals surface area (Å²) in [6, 6.07) is 8.32. The smallest absolute Gasteiger partial charge is 0.115 e. The lowest BCUT2D eigenvalue weighted by atomic mass is 9.91. The van der Waals surface area contributed by atoms with Gasteiger partial charge in [0, 0.05) is 31.2 Å². The first kappa shape index (κ1) is 13.9. The van der Waals surface area contributed by atoms with Crippen LogP contribution in [-0.2, 0) is 6.54 Å². The molecule has 2 aliphatic rings. The van der Waals surface area contributed by atoms with E-state index in [4.69, 9.17) is 0 Å². The van der Waals surface area contributed by atoms with E-state index in [1.165, 1.54) is 37.7 Å². The average molecular weight is 274 g/mol. The van der Waals surface area contributed by atoms with Gasteiger partial charge in [0.2, 0.25) is 0 Å². The van der Waals surface area contributed by atoms with Crippen LogP contribution in [0.5, 0.6) is 5.75 Å². The lowest BCUT2D eigenvalue weighted by Gasteiger charge is -2.46. The molecule has 1 aromatic carbocycles. The van der Waals surface area contributed by atoms with Crippen molar-refractivity contribution in [3.63, 3.8) is 0 Å². The summed E-state index contributed by atoms with van der Waals surface area (Å²) >= 11 is 0. The number of nitrogens with one attached hydrogen (secondary N) is 1. The van der Waals surface area contributed by atoms with E-state index >= 15 is 0 Å². The summed E-state index contributed by atoms with van der Waals surface area (Å²) in [6.45, 7) is 5.49. The van der Waals surface area contributed by atoms with Crippen molar-refractivity contribution in [3.05, 3.63) is 29.8 Å². The zero-order chi connectivity index (χ0) is 14.0. The second-order valence-corrected chi connectivity index (χ2v) is 6.51. The van der Waals surface area contributed by atoms with Gasteiger partial charge in [-0.25, -0.2) is 0 Å². The van der Waals surface area contributed by atoms with E-state index in [1.54, 1.807) is 6.07 Å². The van der Waals surface area contributed by atoms with Crippen LogP contribution in [0.15, 0.2) is 24.3 Å². The Hall–Kier alpha value is -1.06. The summed E-state index contributed by atoms with van der Waals surface area (Å²) in [5, 5.41) is 13.5.